The Labute approximate surface area is 121 Å². The van der Waals surface area contributed by atoms with Gasteiger partial charge in [-0.2, -0.15) is 0 Å². The molecule has 0 aliphatic carbocycles. The van der Waals surface area contributed by atoms with Crippen molar-refractivity contribution in [1.29, 1.82) is 0 Å². The number of nitrogens with one attached hydrogen (secondary N) is 1. The van der Waals surface area contributed by atoms with Gasteiger partial charge in [0.2, 0.25) is 0 Å². The molecular formula is C13H18FN3O4. The van der Waals surface area contributed by atoms with Gasteiger partial charge < -0.3 is 19.7 Å². The molecular weight excluding hydrogens is 281 g/mol. The smallest absolute Gasteiger partial charge is 0.295 e. The highest BCUT2D eigenvalue weighted by Gasteiger charge is 2.22. The third-order valence-corrected chi connectivity index (χ3v) is 3.33. The summed E-state index contributed by atoms with van der Waals surface area (Å²) in [4.78, 5) is 12.5. The average Bonchev–Trinajstić information content (AvgIpc) is 2.45. The summed E-state index contributed by atoms with van der Waals surface area (Å²) >= 11 is 0. The summed E-state index contributed by atoms with van der Waals surface area (Å²) in [6.07, 6.45) is -0.0700. The Balaban J connectivity index is 2.12. The minimum absolute atomic E-state index is 0.0372. The fourth-order valence-electron chi connectivity index (χ4n) is 2.21. The highest BCUT2D eigenvalue weighted by molar-refractivity contribution is 5.64. The maximum atomic E-state index is 13.5. The number of anilines is 1. The van der Waals surface area contributed by atoms with Crippen LogP contribution < -0.4 is 10.1 Å². The predicted molar refractivity (Wildman–Crippen MR) is 75.3 cm³/mol. The molecule has 1 aromatic carbocycles. The molecule has 1 heterocycles. The van der Waals surface area contributed by atoms with Crippen molar-refractivity contribution in [1.82, 2.24) is 4.90 Å². The summed E-state index contributed by atoms with van der Waals surface area (Å²) in [7, 11) is 3.30. The Morgan fingerprint density at radius 1 is 1.62 bits per heavy atom. The second-order valence-electron chi connectivity index (χ2n) is 4.90. The number of rotatable bonds is 5. The van der Waals surface area contributed by atoms with E-state index in [2.05, 4.69) is 10.2 Å². The maximum Gasteiger partial charge on any atom is 0.295 e. The quantitative estimate of drug-likeness (QED) is 0.655. The zero-order valence-corrected chi connectivity index (χ0v) is 12.0. The number of nitro benzene ring substituents is 1. The molecule has 1 aliphatic rings. The van der Waals surface area contributed by atoms with Crippen LogP contribution in [-0.4, -0.2) is 56.3 Å². The van der Waals surface area contributed by atoms with Gasteiger partial charge in [0.25, 0.3) is 5.69 Å². The van der Waals surface area contributed by atoms with E-state index in [9.17, 15) is 14.5 Å². The fourth-order valence-corrected chi connectivity index (χ4v) is 2.21. The van der Waals surface area contributed by atoms with Crippen LogP contribution in [0.4, 0.5) is 15.8 Å². The van der Waals surface area contributed by atoms with Gasteiger partial charge >= 0.3 is 0 Å². The molecule has 21 heavy (non-hydrogen) atoms. The van der Waals surface area contributed by atoms with Crippen molar-refractivity contribution in [2.24, 2.45) is 0 Å². The van der Waals surface area contributed by atoms with Crippen molar-refractivity contribution >= 4 is 11.4 Å². The Morgan fingerprint density at radius 2 is 2.38 bits per heavy atom. The van der Waals surface area contributed by atoms with Gasteiger partial charge in [-0.25, -0.2) is 4.39 Å². The maximum absolute atomic E-state index is 13.5. The second kappa shape index (κ2) is 6.68. The summed E-state index contributed by atoms with van der Waals surface area (Å²) < 4.78 is 24.0. The molecule has 0 radical (unpaired) electrons. The lowest BCUT2D eigenvalue weighted by molar-refractivity contribution is -0.384. The number of methoxy groups -OCH3 is 1. The van der Waals surface area contributed by atoms with E-state index in [-0.39, 0.29) is 23.2 Å². The monoisotopic (exact) mass is 299 g/mol. The number of nitrogens with zero attached hydrogens (tertiary/aromatic N) is 2. The number of hydrogen-bond donors (Lipinski definition) is 1. The minimum Gasteiger partial charge on any atom is -0.494 e. The Bertz CT molecular complexity index is 526. The summed E-state index contributed by atoms with van der Waals surface area (Å²) in [5, 5.41) is 13.9. The topological polar surface area (TPSA) is 76.9 Å². The zero-order valence-electron chi connectivity index (χ0n) is 12.0. The van der Waals surface area contributed by atoms with E-state index in [4.69, 9.17) is 9.47 Å². The van der Waals surface area contributed by atoms with Gasteiger partial charge in [0, 0.05) is 25.7 Å². The molecule has 1 unspecified atom stereocenters. The summed E-state index contributed by atoms with van der Waals surface area (Å²) in [6.45, 7) is 2.62. The van der Waals surface area contributed by atoms with Crippen LogP contribution in [-0.2, 0) is 4.74 Å². The number of ether oxygens (including phenoxy) is 2. The van der Waals surface area contributed by atoms with E-state index in [1.807, 2.05) is 7.05 Å². The van der Waals surface area contributed by atoms with Crippen LogP contribution in [0.3, 0.4) is 0 Å². The number of nitro groups is 1. The van der Waals surface area contributed by atoms with Crippen LogP contribution in [0.1, 0.15) is 0 Å². The van der Waals surface area contributed by atoms with Crippen molar-refractivity contribution in [2.45, 2.75) is 6.10 Å². The predicted octanol–water partition coefficient (Wildman–Crippen LogP) is 1.49. The van der Waals surface area contributed by atoms with Gasteiger partial charge in [-0.05, 0) is 7.05 Å². The first-order chi connectivity index (χ1) is 10.0. The SMILES string of the molecule is COc1cc(NCC2CN(C)CCO2)c([N+](=O)[O-])cc1F. The molecule has 1 N–H and O–H groups in total. The Morgan fingerprint density at radius 3 is 3.00 bits per heavy atom. The van der Waals surface area contributed by atoms with Gasteiger partial charge in [0.15, 0.2) is 11.6 Å². The normalized spacial score (nSPS) is 19.3. The van der Waals surface area contributed by atoms with Crippen molar-refractivity contribution in [2.75, 3.05) is 45.7 Å². The van der Waals surface area contributed by atoms with E-state index in [1.54, 1.807) is 0 Å². The lowest BCUT2D eigenvalue weighted by Crippen LogP contribution is -2.43. The molecule has 8 heteroatoms. The molecule has 1 saturated heterocycles. The standard InChI is InChI=1S/C13H18FN3O4/c1-16-3-4-21-9(8-16)7-15-11-6-13(20-2)10(14)5-12(11)17(18)19/h5-6,9,15H,3-4,7-8H2,1-2H3. The van der Waals surface area contributed by atoms with Crippen molar-refractivity contribution < 1.29 is 18.8 Å². The van der Waals surface area contributed by atoms with Gasteiger partial charge in [-0.3, -0.25) is 10.1 Å². The van der Waals surface area contributed by atoms with Crippen molar-refractivity contribution in [3.8, 4) is 5.75 Å². The molecule has 7 nitrogen and oxygen atoms in total. The molecule has 1 aromatic rings. The molecule has 2 rings (SSSR count). The number of hydrogen-bond acceptors (Lipinski definition) is 6. The lowest BCUT2D eigenvalue weighted by Gasteiger charge is -2.30. The molecule has 0 spiro atoms. The summed E-state index contributed by atoms with van der Waals surface area (Å²) in [5.74, 6) is -0.798. The van der Waals surface area contributed by atoms with E-state index >= 15 is 0 Å². The van der Waals surface area contributed by atoms with E-state index in [0.717, 1.165) is 19.2 Å². The first kappa shape index (κ1) is 15.5. The number of likely N-dealkylation sites (N-methyl/N-ethyl adjacent to an activating group) is 1. The minimum atomic E-state index is -0.761. The summed E-state index contributed by atoms with van der Waals surface area (Å²) in [5.41, 5.74) is -0.104. The first-order valence-electron chi connectivity index (χ1n) is 6.57. The van der Waals surface area contributed by atoms with Crippen LogP contribution in [0.25, 0.3) is 0 Å². The molecule has 0 saturated carbocycles. The Kier molecular flexibility index (Phi) is 4.92. The van der Waals surface area contributed by atoms with Crippen molar-refractivity contribution in [3.63, 3.8) is 0 Å². The molecule has 0 amide bonds. The number of morpholine rings is 1. The van der Waals surface area contributed by atoms with Gasteiger partial charge in [-0.15, -0.1) is 0 Å². The highest BCUT2D eigenvalue weighted by Crippen LogP contribution is 2.31. The summed E-state index contributed by atoms with van der Waals surface area (Å²) in [6, 6.07) is 2.15. The fraction of sp³-hybridized carbons (Fsp3) is 0.538. The van der Waals surface area contributed by atoms with Gasteiger partial charge in [-0.1, -0.05) is 0 Å². The van der Waals surface area contributed by atoms with Crippen LogP contribution in [0.15, 0.2) is 12.1 Å². The van der Waals surface area contributed by atoms with Crippen LogP contribution >= 0.6 is 0 Å². The molecule has 116 valence electrons. The second-order valence-corrected chi connectivity index (χ2v) is 4.90. The van der Waals surface area contributed by atoms with Crippen LogP contribution in [0.5, 0.6) is 5.75 Å². The van der Waals surface area contributed by atoms with E-state index in [1.165, 1.54) is 13.2 Å². The van der Waals surface area contributed by atoms with Crippen molar-refractivity contribution in [3.05, 3.63) is 28.1 Å². The molecule has 1 fully saturated rings. The number of halogens is 1. The molecule has 1 aliphatic heterocycles. The van der Waals surface area contributed by atoms with Crippen LogP contribution in [0, 0.1) is 15.9 Å². The molecule has 0 aromatic heterocycles. The third-order valence-electron chi connectivity index (χ3n) is 3.33. The van der Waals surface area contributed by atoms with Gasteiger partial charge in [0.05, 0.1) is 30.8 Å². The zero-order chi connectivity index (χ0) is 15.4. The highest BCUT2D eigenvalue weighted by atomic mass is 19.1. The largest absolute Gasteiger partial charge is 0.494 e. The third kappa shape index (κ3) is 3.79. The Hall–Kier alpha value is -1.93. The average molecular weight is 299 g/mol. The lowest BCUT2D eigenvalue weighted by atomic mass is 10.2. The number of benzene rings is 1. The molecule has 0 bridgehead atoms. The van der Waals surface area contributed by atoms with E-state index in [0.29, 0.717) is 13.2 Å². The van der Waals surface area contributed by atoms with Crippen LogP contribution in [0.2, 0.25) is 0 Å². The molecule has 1 atom stereocenters. The van der Waals surface area contributed by atoms with E-state index < -0.39 is 10.7 Å². The first-order valence-corrected chi connectivity index (χ1v) is 6.57. The van der Waals surface area contributed by atoms with Gasteiger partial charge in [0.1, 0.15) is 5.69 Å².